The SMILES string of the molecule is CCOC(=O)OC(C)[C@]1(C(=O)O)CCCN2CCC[C@H](N[C@@H](CCc3ccccc3)C(=O)OCC)C(=O)N21. The molecule has 2 saturated heterocycles. The number of ether oxygens (including phenoxy) is 3. The van der Waals surface area contributed by atoms with E-state index in [9.17, 15) is 24.3 Å². The van der Waals surface area contributed by atoms with Crippen LogP contribution < -0.4 is 5.32 Å². The number of nitrogens with one attached hydrogen (secondary N) is 1. The molecule has 2 heterocycles. The second kappa shape index (κ2) is 13.6. The number of carboxylic acid groups (broad SMARTS) is 1. The largest absolute Gasteiger partial charge is 0.508 e. The van der Waals surface area contributed by atoms with Crippen molar-refractivity contribution in [3.63, 3.8) is 0 Å². The number of nitrogens with zero attached hydrogens (tertiary/aromatic N) is 2. The number of carbonyl (C=O) groups is 4. The Kier molecular flexibility index (Phi) is 10.5. The van der Waals surface area contributed by atoms with Crippen LogP contribution in [0.25, 0.3) is 0 Å². The zero-order chi connectivity index (χ0) is 27.7. The number of amides is 1. The predicted octanol–water partition coefficient (Wildman–Crippen LogP) is 2.53. The van der Waals surface area contributed by atoms with Gasteiger partial charge >= 0.3 is 18.1 Å². The molecule has 0 aromatic heterocycles. The van der Waals surface area contributed by atoms with E-state index in [2.05, 4.69) is 5.32 Å². The minimum atomic E-state index is -1.81. The molecule has 2 aliphatic heterocycles. The molecule has 2 N–H and O–H groups in total. The van der Waals surface area contributed by atoms with Crippen LogP contribution in [-0.2, 0) is 35.0 Å². The van der Waals surface area contributed by atoms with E-state index >= 15 is 0 Å². The molecule has 3 rings (SSSR count). The van der Waals surface area contributed by atoms with Crippen molar-refractivity contribution in [3.8, 4) is 0 Å². The van der Waals surface area contributed by atoms with Crippen molar-refractivity contribution in [1.29, 1.82) is 0 Å². The molecule has 210 valence electrons. The fourth-order valence-corrected chi connectivity index (χ4v) is 5.29. The Morgan fingerprint density at radius 2 is 1.79 bits per heavy atom. The molecule has 1 amide bonds. The fraction of sp³-hybridized carbons (Fsp3) is 0.630. The van der Waals surface area contributed by atoms with E-state index < -0.39 is 47.7 Å². The smallest absolute Gasteiger partial charge is 0.479 e. The maximum atomic E-state index is 14.0. The van der Waals surface area contributed by atoms with Crippen LogP contribution in [0, 0.1) is 0 Å². The molecule has 1 unspecified atom stereocenters. The van der Waals surface area contributed by atoms with Crippen LogP contribution in [0.2, 0.25) is 0 Å². The highest BCUT2D eigenvalue weighted by molar-refractivity contribution is 5.91. The number of aliphatic carboxylic acids is 1. The summed E-state index contributed by atoms with van der Waals surface area (Å²) in [6, 6.07) is 8.12. The minimum Gasteiger partial charge on any atom is -0.479 e. The highest BCUT2D eigenvalue weighted by atomic mass is 16.7. The van der Waals surface area contributed by atoms with E-state index in [-0.39, 0.29) is 19.6 Å². The number of carboxylic acids is 1. The molecule has 38 heavy (non-hydrogen) atoms. The van der Waals surface area contributed by atoms with Crippen molar-refractivity contribution >= 4 is 24.0 Å². The van der Waals surface area contributed by atoms with Crippen LogP contribution >= 0.6 is 0 Å². The van der Waals surface area contributed by atoms with E-state index in [4.69, 9.17) is 14.2 Å². The maximum Gasteiger partial charge on any atom is 0.508 e. The van der Waals surface area contributed by atoms with Gasteiger partial charge in [0.2, 0.25) is 0 Å². The zero-order valence-electron chi connectivity index (χ0n) is 22.4. The number of hydrogen-bond acceptors (Lipinski definition) is 9. The average molecular weight is 534 g/mol. The molecule has 4 atom stereocenters. The number of carbonyl (C=O) groups excluding carboxylic acids is 3. The number of aryl methyl sites for hydroxylation is 1. The first-order chi connectivity index (χ1) is 18.2. The lowest BCUT2D eigenvalue weighted by molar-refractivity contribution is -0.207. The first-order valence-corrected chi connectivity index (χ1v) is 13.4. The van der Waals surface area contributed by atoms with Crippen molar-refractivity contribution in [2.75, 3.05) is 26.3 Å². The molecule has 2 fully saturated rings. The van der Waals surface area contributed by atoms with Crippen LogP contribution in [0.3, 0.4) is 0 Å². The summed E-state index contributed by atoms with van der Waals surface area (Å²) in [6.45, 7) is 6.04. The van der Waals surface area contributed by atoms with Gasteiger partial charge < -0.3 is 19.3 Å². The van der Waals surface area contributed by atoms with Crippen LogP contribution in [0.15, 0.2) is 30.3 Å². The van der Waals surface area contributed by atoms with Gasteiger partial charge in [0.1, 0.15) is 12.1 Å². The van der Waals surface area contributed by atoms with E-state index in [1.54, 1.807) is 18.9 Å². The Morgan fingerprint density at radius 1 is 1.11 bits per heavy atom. The molecule has 0 bridgehead atoms. The fourth-order valence-electron chi connectivity index (χ4n) is 5.29. The molecule has 1 aromatic carbocycles. The van der Waals surface area contributed by atoms with Gasteiger partial charge in [-0.2, -0.15) is 0 Å². The first kappa shape index (κ1) is 29.4. The average Bonchev–Trinajstić information content (AvgIpc) is 3.05. The van der Waals surface area contributed by atoms with Crippen molar-refractivity contribution < 1.29 is 38.5 Å². The van der Waals surface area contributed by atoms with Crippen molar-refractivity contribution in [2.45, 2.75) is 83.0 Å². The highest BCUT2D eigenvalue weighted by Gasteiger charge is 2.58. The lowest BCUT2D eigenvalue weighted by Gasteiger charge is -2.51. The molecule has 0 radical (unpaired) electrons. The normalized spacial score (nSPS) is 23.5. The van der Waals surface area contributed by atoms with E-state index in [0.717, 1.165) is 5.56 Å². The topological polar surface area (TPSA) is 135 Å². The second-order valence-corrected chi connectivity index (χ2v) is 9.57. The van der Waals surface area contributed by atoms with Crippen molar-refractivity contribution in [3.05, 3.63) is 35.9 Å². The molecular weight excluding hydrogens is 494 g/mol. The van der Waals surface area contributed by atoms with Gasteiger partial charge in [0.25, 0.3) is 5.91 Å². The minimum absolute atomic E-state index is 0.0740. The number of hydrazine groups is 1. The third-order valence-corrected chi connectivity index (χ3v) is 7.17. The summed E-state index contributed by atoms with van der Waals surface area (Å²) in [5.41, 5.74) is -0.761. The van der Waals surface area contributed by atoms with Gasteiger partial charge in [-0.05, 0) is 64.9 Å². The Morgan fingerprint density at radius 3 is 2.45 bits per heavy atom. The maximum absolute atomic E-state index is 14.0. The van der Waals surface area contributed by atoms with Gasteiger partial charge in [0.15, 0.2) is 5.54 Å². The molecule has 1 aromatic rings. The third-order valence-electron chi connectivity index (χ3n) is 7.17. The van der Waals surface area contributed by atoms with E-state index in [0.29, 0.717) is 45.2 Å². The van der Waals surface area contributed by atoms with Gasteiger partial charge in [-0.3, -0.25) is 19.9 Å². The Bertz CT molecular complexity index is 974. The summed E-state index contributed by atoms with van der Waals surface area (Å²) in [7, 11) is 0. The molecule has 0 saturated carbocycles. The number of fused-ring (bicyclic) bond motifs is 1. The quantitative estimate of drug-likeness (QED) is 0.409. The predicted molar refractivity (Wildman–Crippen MR) is 137 cm³/mol. The van der Waals surface area contributed by atoms with Crippen LogP contribution in [0.4, 0.5) is 4.79 Å². The van der Waals surface area contributed by atoms with Crippen molar-refractivity contribution in [2.24, 2.45) is 0 Å². The molecule has 2 aliphatic rings. The Balaban J connectivity index is 1.87. The summed E-state index contributed by atoms with van der Waals surface area (Å²) in [4.78, 5) is 51.8. The molecule has 0 spiro atoms. The van der Waals surface area contributed by atoms with Crippen LogP contribution in [-0.4, -0.2) is 89.2 Å². The number of rotatable bonds is 11. The Labute approximate surface area is 223 Å². The number of esters is 1. The lowest BCUT2D eigenvalue weighted by Crippen LogP contribution is -2.72. The highest BCUT2D eigenvalue weighted by Crippen LogP contribution is 2.37. The van der Waals surface area contributed by atoms with Crippen LogP contribution in [0.1, 0.15) is 58.4 Å². The zero-order valence-corrected chi connectivity index (χ0v) is 22.4. The number of benzene rings is 1. The third kappa shape index (κ3) is 6.63. The van der Waals surface area contributed by atoms with Gasteiger partial charge in [0.05, 0.1) is 19.3 Å². The molecular formula is C27H39N3O8. The lowest BCUT2D eigenvalue weighted by atomic mass is 9.84. The monoisotopic (exact) mass is 533 g/mol. The van der Waals surface area contributed by atoms with Gasteiger partial charge in [-0.15, -0.1) is 0 Å². The van der Waals surface area contributed by atoms with Gasteiger partial charge in [-0.1, -0.05) is 30.3 Å². The Hall–Kier alpha value is -3.18. The van der Waals surface area contributed by atoms with E-state index in [1.165, 1.54) is 11.9 Å². The summed E-state index contributed by atoms with van der Waals surface area (Å²) in [5.74, 6) is -2.20. The second-order valence-electron chi connectivity index (χ2n) is 9.57. The standard InChI is InChI=1S/C27H39N3O8/c1-4-36-24(32)22(15-14-20-11-7-6-8-12-20)28-21-13-9-17-29-18-10-16-27(25(33)34,30(29)23(21)31)19(3)38-26(35)37-5-2/h6-8,11-12,19,21-22,28H,4-5,9-10,13-18H2,1-3H3,(H,33,34)/t19?,21-,22-,27-/m0/s1. The van der Waals surface area contributed by atoms with Crippen LogP contribution in [0.5, 0.6) is 0 Å². The van der Waals surface area contributed by atoms with Gasteiger partial charge in [0, 0.05) is 13.1 Å². The van der Waals surface area contributed by atoms with E-state index in [1.807, 2.05) is 30.3 Å². The summed E-state index contributed by atoms with van der Waals surface area (Å²) < 4.78 is 15.5. The first-order valence-electron chi connectivity index (χ1n) is 13.4. The summed E-state index contributed by atoms with van der Waals surface area (Å²) in [5, 5.41) is 16.6. The summed E-state index contributed by atoms with van der Waals surface area (Å²) >= 11 is 0. The molecule has 11 heteroatoms. The van der Waals surface area contributed by atoms with Gasteiger partial charge in [-0.25, -0.2) is 14.6 Å². The molecule has 0 aliphatic carbocycles. The summed E-state index contributed by atoms with van der Waals surface area (Å²) in [6.07, 6.45) is 0.467. The molecule has 11 nitrogen and oxygen atoms in total. The van der Waals surface area contributed by atoms with Crippen molar-refractivity contribution in [1.82, 2.24) is 15.3 Å². The number of hydrogen-bond donors (Lipinski definition) is 2.